The summed E-state index contributed by atoms with van der Waals surface area (Å²) in [5.74, 6) is 1.56. The normalized spacial score (nSPS) is 27.9. The minimum Gasteiger partial charge on any atom is -0.355 e. The third kappa shape index (κ3) is 2.87. The maximum atomic E-state index is 13.3. The molecule has 5 nitrogen and oxygen atoms in total. The van der Waals surface area contributed by atoms with Crippen LogP contribution < -0.4 is 4.90 Å². The molecule has 0 unspecified atom stereocenters. The van der Waals surface area contributed by atoms with Gasteiger partial charge in [0, 0.05) is 37.9 Å². The monoisotopic (exact) mass is 396 g/mol. The van der Waals surface area contributed by atoms with Crippen LogP contribution in [0.3, 0.4) is 0 Å². The molecule has 0 radical (unpaired) electrons. The highest BCUT2D eigenvalue weighted by atomic mass is 19.1. The van der Waals surface area contributed by atoms with Crippen molar-refractivity contribution in [2.75, 3.05) is 24.5 Å². The first-order valence-electron chi connectivity index (χ1n) is 10.8. The number of pyridine rings is 1. The van der Waals surface area contributed by atoms with E-state index in [1.807, 2.05) is 17.2 Å². The van der Waals surface area contributed by atoms with E-state index >= 15 is 0 Å². The molecule has 0 aromatic carbocycles. The first-order chi connectivity index (χ1) is 14.0. The lowest BCUT2D eigenvalue weighted by Gasteiger charge is -2.47. The van der Waals surface area contributed by atoms with Gasteiger partial charge in [-0.1, -0.05) is 13.8 Å². The molecule has 2 aliphatic heterocycles. The first-order valence-corrected chi connectivity index (χ1v) is 10.8. The van der Waals surface area contributed by atoms with E-state index < -0.39 is 6.17 Å². The summed E-state index contributed by atoms with van der Waals surface area (Å²) in [5, 5.41) is 0. The number of amides is 1. The Kier molecular flexibility index (Phi) is 4.41. The number of likely N-dealkylation sites (tertiary alicyclic amines) is 1. The summed E-state index contributed by atoms with van der Waals surface area (Å²) in [5.41, 5.74) is 2.10. The Labute approximate surface area is 171 Å². The zero-order chi connectivity index (χ0) is 20.2. The van der Waals surface area contributed by atoms with E-state index in [9.17, 15) is 9.18 Å². The molecule has 3 aliphatic rings. The Morgan fingerprint density at radius 2 is 2.14 bits per heavy atom. The van der Waals surface area contributed by atoms with Gasteiger partial charge in [-0.2, -0.15) is 0 Å². The molecule has 4 heterocycles. The highest BCUT2D eigenvalue weighted by Crippen LogP contribution is 2.48. The second kappa shape index (κ2) is 6.85. The molecule has 1 saturated carbocycles. The van der Waals surface area contributed by atoms with Crippen molar-refractivity contribution >= 4 is 11.6 Å². The predicted molar refractivity (Wildman–Crippen MR) is 111 cm³/mol. The standard InChI is InChI=1S/C23H29FN4O/c1-16(2)7-11-28-19-5-3-9-25-21(19)27-10-4-6-20(27)23(28)8-12-26(15-23)22(29)17-13-18(24)14-17/h3-6,9-10,16-18H,7-8,11-15H2,1-2H3/t17?,18?,23-/m0/s1. The van der Waals surface area contributed by atoms with Crippen LogP contribution >= 0.6 is 0 Å². The van der Waals surface area contributed by atoms with Crippen LogP contribution in [0.25, 0.3) is 5.82 Å². The second-order valence-electron chi connectivity index (χ2n) is 9.25. The molecule has 0 bridgehead atoms. The maximum absolute atomic E-state index is 13.3. The van der Waals surface area contributed by atoms with Crippen molar-refractivity contribution in [1.82, 2.24) is 14.5 Å². The summed E-state index contributed by atoms with van der Waals surface area (Å²) in [7, 11) is 0. The fourth-order valence-electron chi connectivity index (χ4n) is 5.24. The summed E-state index contributed by atoms with van der Waals surface area (Å²) in [4.78, 5) is 22.1. The number of alkyl halides is 1. The topological polar surface area (TPSA) is 41.4 Å². The van der Waals surface area contributed by atoms with Crippen molar-refractivity contribution in [3.8, 4) is 5.82 Å². The minimum absolute atomic E-state index is 0.131. The lowest BCUT2D eigenvalue weighted by Crippen LogP contribution is -2.54. The number of carbonyl (C=O) groups is 1. The Hall–Kier alpha value is -2.37. The average Bonchev–Trinajstić information content (AvgIpc) is 3.33. The number of fused-ring (bicyclic) bond motifs is 4. The van der Waals surface area contributed by atoms with E-state index in [0.29, 0.717) is 25.3 Å². The fraction of sp³-hybridized carbons (Fsp3) is 0.565. The van der Waals surface area contributed by atoms with Crippen LogP contribution in [0.4, 0.5) is 10.1 Å². The van der Waals surface area contributed by atoms with Crippen LogP contribution in [0.1, 0.15) is 45.2 Å². The number of rotatable bonds is 4. The van der Waals surface area contributed by atoms with Gasteiger partial charge in [0.1, 0.15) is 11.7 Å². The van der Waals surface area contributed by atoms with Gasteiger partial charge in [0.05, 0.1) is 11.4 Å². The summed E-state index contributed by atoms with van der Waals surface area (Å²) in [6, 6.07) is 8.40. The maximum Gasteiger partial charge on any atom is 0.225 e. The Bertz CT molecular complexity index is 919. The Morgan fingerprint density at radius 1 is 1.31 bits per heavy atom. The van der Waals surface area contributed by atoms with Crippen molar-refractivity contribution in [3.05, 3.63) is 42.4 Å². The number of aromatic nitrogens is 2. The van der Waals surface area contributed by atoms with Crippen molar-refractivity contribution in [2.45, 2.75) is 51.2 Å². The number of hydrogen-bond donors (Lipinski definition) is 0. The molecule has 1 atom stereocenters. The molecular formula is C23H29FN4O. The zero-order valence-corrected chi connectivity index (χ0v) is 17.2. The van der Waals surface area contributed by atoms with Crippen LogP contribution in [-0.4, -0.2) is 46.2 Å². The van der Waals surface area contributed by atoms with E-state index in [-0.39, 0.29) is 17.4 Å². The van der Waals surface area contributed by atoms with E-state index in [1.165, 1.54) is 5.69 Å². The molecule has 6 heteroatoms. The highest BCUT2D eigenvalue weighted by molar-refractivity contribution is 5.81. The largest absolute Gasteiger partial charge is 0.355 e. The molecule has 1 spiro atoms. The zero-order valence-electron chi connectivity index (χ0n) is 17.2. The van der Waals surface area contributed by atoms with Gasteiger partial charge < -0.3 is 14.4 Å². The lowest BCUT2D eigenvalue weighted by atomic mass is 9.82. The van der Waals surface area contributed by atoms with Gasteiger partial charge in [-0.25, -0.2) is 9.37 Å². The summed E-state index contributed by atoms with van der Waals surface area (Å²) in [6.45, 7) is 6.82. The molecule has 2 fully saturated rings. The van der Waals surface area contributed by atoms with Crippen molar-refractivity contribution in [1.29, 1.82) is 0 Å². The van der Waals surface area contributed by atoms with Gasteiger partial charge in [-0.05, 0) is 55.9 Å². The first kappa shape index (κ1) is 18.6. The molecule has 1 amide bonds. The van der Waals surface area contributed by atoms with E-state index in [2.05, 4.69) is 52.7 Å². The molecular weight excluding hydrogens is 367 g/mol. The lowest BCUT2D eigenvalue weighted by molar-refractivity contribution is -0.139. The van der Waals surface area contributed by atoms with E-state index in [0.717, 1.165) is 37.4 Å². The summed E-state index contributed by atoms with van der Waals surface area (Å²) in [6.07, 6.45) is 5.87. The van der Waals surface area contributed by atoms with Gasteiger partial charge in [0.2, 0.25) is 5.91 Å². The number of anilines is 1. The predicted octanol–water partition coefficient (Wildman–Crippen LogP) is 3.91. The second-order valence-corrected chi connectivity index (χ2v) is 9.25. The number of halogens is 1. The fourth-order valence-corrected chi connectivity index (χ4v) is 5.24. The quantitative estimate of drug-likeness (QED) is 0.787. The van der Waals surface area contributed by atoms with E-state index in [4.69, 9.17) is 0 Å². The molecule has 5 rings (SSSR count). The van der Waals surface area contributed by atoms with Gasteiger partial charge in [-0.15, -0.1) is 0 Å². The van der Waals surface area contributed by atoms with Crippen LogP contribution in [-0.2, 0) is 10.3 Å². The van der Waals surface area contributed by atoms with E-state index in [1.54, 1.807) is 0 Å². The third-order valence-corrected chi connectivity index (χ3v) is 6.95. The smallest absolute Gasteiger partial charge is 0.225 e. The molecule has 2 aromatic rings. The molecule has 29 heavy (non-hydrogen) atoms. The third-order valence-electron chi connectivity index (χ3n) is 6.95. The van der Waals surface area contributed by atoms with Crippen molar-refractivity contribution in [3.63, 3.8) is 0 Å². The van der Waals surface area contributed by atoms with Gasteiger partial charge in [0.25, 0.3) is 0 Å². The van der Waals surface area contributed by atoms with Crippen LogP contribution in [0.2, 0.25) is 0 Å². The van der Waals surface area contributed by atoms with Gasteiger partial charge >= 0.3 is 0 Å². The SMILES string of the molecule is CC(C)CCN1c2cccnc2-n2cccc2[C@@]12CCN(C(=O)C1CC(F)C1)C2. The summed E-state index contributed by atoms with van der Waals surface area (Å²) >= 11 is 0. The Balaban J connectivity index is 1.52. The summed E-state index contributed by atoms with van der Waals surface area (Å²) < 4.78 is 15.5. The molecule has 154 valence electrons. The van der Waals surface area contributed by atoms with Crippen molar-refractivity contribution < 1.29 is 9.18 Å². The number of carbonyl (C=O) groups excluding carboxylic acids is 1. The average molecular weight is 397 g/mol. The van der Waals surface area contributed by atoms with Gasteiger partial charge in [-0.3, -0.25) is 4.79 Å². The molecule has 0 N–H and O–H groups in total. The molecule has 2 aromatic heterocycles. The molecule has 1 aliphatic carbocycles. The minimum atomic E-state index is -0.798. The van der Waals surface area contributed by atoms with Gasteiger partial charge in [0.15, 0.2) is 5.82 Å². The Morgan fingerprint density at radius 3 is 2.90 bits per heavy atom. The van der Waals surface area contributed by atoms with Crippen LogP contribution in [0, 0.1) is 11.8 Å². The van der Waals surface area contributed by atoms with Crippen LogP contribution in [0.15, 0.2) is 36.7 Å². The number of hydrogen-bond acceptors (Lipinski definition) is 3. The van der Waals surface area contributed by atoms with Crippen molar-refractivity contribution in [2.24, 2.45) is 11.8 Å². The highest BCUT2D eigenvalue weighted by Gasteiger charge is 2.52. The van der Waals surface area contributed by atoms with Crippen LogP contribution in [0.5, 0.6) is 0 Å². The molecule has 1 saturated heterocycles. The number of nitrogens with zero attached hydrogens (tertiary/aromatic N) is 4.